The fourth-order valence-corrected chi connectivity index (χ4v) is 2.43. The van der Waals surface area contributed by atoms with Gasteiger partial charge >= 0.3 is 0 Å². The van der Waals surface area contributed by atoms with Crippen molar-refractivity contribution in [3.8, 4) is 0 Å². The van der Waals surface area contributed by atoms with Gasteiger partial charge in [0.2, 0.25) is 5.95 Å². The topological polar surface area (TPSA) is 58.3 Å². The van der Waals surface area contributed by atoms with Crippen LogP contribution in [0.25, 0.3) is 0 Å². The van der Waals surface area contributed by atoms with Gasteiger partial charge in [0.05, 0.1) is 18.5 Å². The number of hydrogen-bond donors (Lipinski definition) is 0. The van der Waals surface area contributed by atoms with Crippen molar-refractivity contribution >= 4 is 5.95 Å². The zero-order valence-electron chi connectivity index (χ0n) is 14.0. The Morgan fingerprint density at radius 1 is 0.917 bits per heavy atom. The molecule has 3 aromatic heterocycles. The molecule has 0 atom stereocenters. The third-order valence-corrected chi connectivity index (χ3v) is 3.57. The highest BCUT2D eigenvalue weighted by Crippen LogP contribution is 2.13. The summed E-state index contributed by atoms with van der Waals surface area (Å²) in [6.07, 6.45) is 7.25. The van der Waals surface area contributed by atoms with E-state index in [1.807, 2.05) is 67.9 Å². The highest BCUT2D eigenvalue weighted by molar-refractivity contribution is 5.26. The monoisotopic (exact) mass is 323 g/mol. The van der Waals surface area contributed by atoms with E-state index < -0.39 is 0 Å². The maximum Gasteiger partial charge on any atom is 0.224 e. The first-order valence-corrected chi connectivity index (χ1v) is 7.83. The highest BCUT2D eigenvalue weighted by Gasteiger charge is 2.11. The van der Waals surface area contributed by atoms with Gasteiger partial charge in [-0.3, -0.25) is 9.88 Å². The molecule has 0 fully saturated rings. The number of hydrogen-bond acceptors (Lipinski definition) is 6. The van der Waals surface area contributed by atoms with E-state index >= 15 is 0 Å². The van der Waals surface area contributed by atoms with Crippen molar-refractivity contribution in [3.05, 3.63) is 72.2 Å². The smallest absolute Gasteiger partial charge is 0.224 e. The molecule has 3 rings (SSSR count). The van der Waals surface area contributed by atoms with Crippen LogP contribution in [0.15, 0.2) is 59.6 Å². The van der Waals surface area contributed by atoms with Gasteiger partial charge in [-0.1, -0.05) is 6.07 Å². The summed E-state index contributed by atoms with van der Waals surface area (Å²) >= 11 is 0. The zero-order valence-corrected chi connectivity index (χ0v) is 14.0. The summed E-state index contributed by atoms with van der Waals surface area (Å²) in [5, 5.41) is 0. The molecule has 0 aliphatic carbocycles. The normalized spacial score (nSPS) is 11.0. The van der Waals surface area contributed by atoms with Crippen molar-refractivity contribution in [2.45, 2.75) is 19.6 Å². The molecule has 0 aliphatic heterocycles. The molecule has 24 heavy (non-hydrogen) atoms. The number of aromatic nitrogens is 3. The molecular weight excluding hydrogens is 302 g/mol. The van der Waals surface area contributed by atoms with Crippen molar-refractivity contribution in [1.82, 2.24) is 19.9 Å². The summed E-state index contributed by atoms with van der Waals surface area (Å²) in [4.78, 5) is 17.3. The third kappa shape index (κ3) is 4.39. The van der Waals surface area contributed by atoms with Crippen molar-refractivity contribution in [2.24, 2.45) is 0 Å². The van der Waals surface area contributed by atoms with Gasteiger partial charge in [-0.05, 0) is 24.3 Å². The highest BCUT2D eigenvalue weighted by atomic mass is 16.3. The van der Waals surface area contributed by atoms with Crippen LogP contribution in [0, 0.1) is 0 Å². The van der Waals surface area contributed by atoms with Gasteiger partial charge in [0.15, 0.2) is 0 Å². The Bertz CT molecular complexity index is 726. The van der Waals surface area contributed by atoms with Crippen LogP contribution >= 0.6 is 0 Å². The minimum absolute atomic E-state index is 0.707. The first-order chi connectivity index (χ1) is 11.7. The zero-order chi connectivity index (χ0) is 16.8. The van der Waals surface area contributed by atoms with Crippen molar-refractivity contribution in [2.75, 3.05) is 19.0 Å². The van der Waals surface area contributed by atoms with E-state index in [0.717, 1.165) is 30.1 Å². The van der Waals surface area contributed by atoms with Crippen LogP contribution in [0.3, 0.4) is 0 Å². The molecule has 0 spiro atoms. The number of anilines is 1. The predicted molar refractivity (Wildman–Crippen MR) is 92.3 cm³/mol. The van der Waals surface area contributed by atoms with E-state index in [1.54, 1.807) is 6.26 Å². The minimum atomic E-state index is 0.707. The number of pyridine rings is 1. The standard InChI is InChI=1S/C18H21N5O/c1-22(2)18-20-10-15(11-21-18)12-23(14-17-7-5-9-24-17)13-16-6-3-4-8-19-16/h3-11H,12-14H2,1-2H3. The molecular formula is C18H21N5O. The maximum atomic E-state index is 5.49. The van der Waals surface area contributed by atoms with Crippen LogP contribution in [-0.2, 0) is 19.6 Å². The van der Waals surface area contributed by atoms with Gasteiger partial charge in [0.25, 0.3) is 0 Å². The molecule has 0 unspecified atom stereocenters. The van der Waals surface area contributed by atoms with Gasteiger partial charge < -0.3 is 9.32 Å². The fraction of sp³-hybridized carbons (Fsp3) is 0.278. The lowest BCUT2D eigenvalue weighted by Crippen LogP contribution is -2.23. The summed E-state index contributed by atoms with van der Waals surface area (Å²) in [5.74, 6) is 1.64. The van der Waals surface area contributed by atoms with Crippen LogP contribution in [0.5, 0.6) is 0 Å². The summed E-state index contributed by atoms with van der Waals surface area (Å²) < 4.78 is 5.49. The Morgan fingerprint density at radius 2 is 1.75 bits per heavy atom. The SMILES string of the molecule is CN(C)c1ncc(CN(Cc2ccccn2)Cc2ccco2)cn1. The van der Waals surface area contributed by atoms with E-state index in [9.17, 15) is 0 Å². The second-order valence-electron chi connectivity index (χ2n) is 5.83. The molecule has 0 N–H and O–H groups in total. The fourth-order valence-electron chi connectivity index (χ4n) is 2.43. The first-order valence-electron chi connectivity index (χ1n) is 7.83. The van der Waals surface area contributed by atoms with Gasteiger partial charge in [0, 0.05) is 51.3 Å². The lowest BCUT2D eigenvalue weighted by Gasteiger charge is -2.21. The summed E-state index contributed by atoms with van der Waals surface area (Å²) in [7, 11) is 3.86. The lowest BCUT2D eigenvalue weighted by atomic mass is 10.2. The summed E-state index contributed by atoms with van der Waals surface area (Å²) in [6.45, 7) is 2.17. The molecule has 6 nitrogen and oxygen atoms in total. The minimum Gasteiger partial charge on any atom is -0.468 e. The van der Waals surface area contributed by atoms with E-state index in [1.165, 1.54) is 0 Å². The largest absolute Gasteiger partial charge is 0.468 e. The van der Waals surface area contributed by atoms with Gasteiger partial charge in [-0.2, -0.15) is 0 Å². The Hall–Kier alpha value is -2.73. The van der Waals surface area contributed by atoms with Crippen molar-refractivity contribution < 1.29 is 4.42 Å². The Labute approximate surface area is 141 Å². The van der Waals surface area contributed by atoms with Crippen LogP contribution in [0.4, 0.5) is 5.95 Å². The van der Waals surface area contributed by atoms with Crippen LogP contribution < -0.4 is 4.90 Å². The molecule has 0 radical (unpaired) electrons. The van der Waals surface area contributed by atoms with Crippen molar-refractivity contribution in [1.29, 1.82) is 0 Å². The van der Waals surface area contributed by atoms with Crippen LogP contribution in [-0.4, -0.2) is 33.9 Å². The maximum absolute atomic E-state index is 5.49. The quantitative estimate of drug-likeness (QED) is 0.666. The average molecular weight is 323 g/mol. The van der Waals surface area contributed by atoms with Gasteiger partial charge in [0.1, 0.15) is 5.76 Å². The molecule has 0 amide bonds. The molecule has 0 bridgehead atoms. The molecule has 3 heterocycles. The molecule has 0 aliphatic rings. The summed E-state index contributed by atoms with van der Waals surface area (Å²) in [5.41, 5.74) is 2.08. The average Bonchev–Trinajstić information content (AvgIpc) is 3.09. The summed E-state index contributed by atoms with van der Waals surface area (Å²) in [6, 6.07) is 9.84. The third-order valence-electron chi connectivity index (χ3n) is 3.57. The van der Waals surface area contributed by atoms with Gasteiger partial charge in [-0.15, -0.1) is 0 Å². The van der Waals surface area contributed by atoms with Crippen LogP contribution in [0.2, 0.25) is 0 Å². The first kappa shape index (κ1) is 16.1. The lowest BCUT2D eigenvalue weighted by molar-refractivity contribution is 0.224. The molecule has 0 saturated carbocycles. The van der Waals surface area contributed by atoms with E-state index in [0.29, 0.717) is 12.5 Å². The number of nitrogens with zero attached hydrogens (tertiary/aromatic N) is 5. The Kier molecular flexibility index (Phi) is 5.18. The van der Waals surface area contributed by atoms with Crippen molar-refractivity contribution in [3.63, 3.8) is 0 Å². The second kappa shape index (κ2) is 7.70. The number of rotatable bonds is 7. The van der Waals surface area contributed by atoms with E-state index in [-0.39, 0.29) is 0 Å². The second-order valence-corrected chi connectivity index (χ2v) is 5.83. The van der Waals surface area contributed by atoms with Gasteiger partial charge in [-0.25, -0.2) is 9.97 Å². The predicted octanol–water partition coefficient (Wildman–Crippen LogP) is 2.73. The molecule has 124 valence electrons. The number of furan rings is 1. The molecule has 0 saturated heterocycles. The Balaban J connectivity index is 1.73. The molecule has 0 aromatic carbocycles. The molecule has 3 aromatic rings. The van der Waals surface area contributed by atoms with E-state index in [2.05, 4.69) is 19.9 Å². The van der Waals surface area contributed by atoms with Crippen LogP contribution in [0.1, 0.15) is 17.0 Å². The molecule has 6 heteroatoms. The van der Waals surface area contributed by atoms with E-state index in [4.69, 9.17) is 4.42 Å². The Morgan fingerprint density at radius 3 is 2.38 bits per heavy atom.